The number of anilines is 1. The van der Waals surface area contributed by atoms with Gasteiger partial charge in [-0.25, -0.2) is 8.42 Å². The standard InChI is InChI=1S/C18H20ClN3O6S/c1-20-17(23)11-28-14-6-4-5-13(10-14)21-18(24)12-7-8-15(19)16(9-12)29(25,26)22(2)27-3/h4-10H,11H2,1-3H3,(H,20,23)(H,21,24). The van der Waals surface area contributed by atoms with Crippen LogP contribution in [0.3, 0.4) is 0 Å². The van der Waals surface area contributed by atoms with Gasteiger partial charge in [0.1, 0.15) is 10.6 Å². The third-order valence-electron chi connectivity index (χ3n) is 3.81. The summed E-state index contributed by atoms with van der Waals surface area (Å²) in [5, 5.41) is 5.02. The average Bonchev–Trinajstić information content (AvgIpc) is 2.71. The smallest absolute Gasteiger partial charge is 0.266 e. The van der Waals surface area contributed by atoms with Crippen LogP contribution in [-0.2, 0) is 19.7 Å². The first-order valence-corrected chi connectivity index (χ1v) is 10.1. The lowest BCUT2D eigenvalue weighted by molar-refractivity contribution is -0.122. The summed E-state index contributed by atoms with van der Waals surface area (Å²) in [6.45, 7) is -0.167. The van der Waals surface area contributed by atoms with Crippen LogP contribution in [0.25, 0.3) is 0 Å². The van der Waals surface area contributed by atoms with Crippen molar-refractivity contribution in [3.63, 3.8) is 0 Å². The summed E-state index contributed by atoms with van der Waals surface area (Å²) in [6.07, 6.45) is 0. The van der Waals surface area contributed by atoms with Gasteiger partial charge in [-0.05, 0) is 30.3 Å². The average molecular weight is 442 g/mol. The minimum Gasteiger partial charge on any atom is -0.484 e. The quantitative estimate of drug-likeness (QED) is 0.605. The van der Waals surface area contributed by atoms with Crippen LogP contribution in [0.4, 0.5) is 5.69 Å². The molecule has 2 rings (SSSR count). The number of halogens is 1. The maximum atomic E-state index is 12.6. The highest BCUT2D eigenvalue weighted by atomic mass is 35.5. The maximum Gasteiger partial charge on any atom is 0.266 e. The van der Waals surface area contributed by atoms with Crippen LogP contribution >= 0.6 is 11.6 Å². The number of carbonyl (C=O) groups excluding carboxylic acids is 2. The van der Waals surface area contributed by atoms with E-state index in [0.717, 1.165) is 6.07 Å². The zero-order valence-electron chi connectivity index (χ0n) is 15.9. The second kappa shape index (κ2) is 9.70. The topological polar surface area (TPSA) is 114 Å². The molecule has 0 aliphatic carbocycles. The van der Waals surface area contributed by atoms with Gasteiger partial charge >= 0.3 is 0 Å². The number of hydrogen-bond donors (Lipinski definition) is 2. The van der Waals surface area contributed by atoms with E-state index in [1.165, 1.54) is 39.4 Å². The molecule has 9 nitrogen and oxygen atoms in total. The monoisotopic (exact) mass is 441 g/mol. The van der Waals surface area contributed by atoms with Gasteiger partial charge in [-0.1, -0.05) is 22.1 Å². The summed E-state index contributed by atoms with van der Waals surface area (Å²) in [5.74, 6) is -0.468. The Labute approximate surface area is 173 Å². The molecule has 0 aliphatic rings. The number of rotatable bonds is 8. The third-order valence-corrected chi connectivity index (χ3v) is 5.97. The van der Waals surface area contributed by atoms with Crippen molar-refractivity contribution in [2.75, 3.05) is 33.1 Å². The SMILES string of the molecule is CNC(=O)COc1cccc(NC(=O)c2ccc(Cl)c(S(=O)(=O)N(C)OC)c2)c1. The van der Waals surface area contributed by atoms with Crippen LogP contribution in [0.2, 0.25) is 5.02 Å². The number of likely N-dealkylation sites (N-methyl/N-ethyl adjacent to an activating group) is 1. The molecule has 11 heteroatoms. The summed E-state index contributed by atoms with van der Waals surface area (Å²) in [5.41, 5.74) is 0.479. The summed E-state index contributed by atoms with van der Waals surface area (Å²) in [7, 11) is -0.132. The van der Waals surface area contributed by atoms with Gasteiger partial charge in [-0.3, -0.25) is 14.4 Å². The first-order valence-electron chi connectivity index (χ1n) is 8.26. The molecule has 0 spiro atoms. The van der Waals surface area contributed by atoms with Crippen molar-refractivity contribution in [1.82, 2.24) is 9.79 Å². The minimum atomic E-state index is -4.03. The molecule has 2 aromatic carbocycles. The number of amides is 2. The Bertz CT molecular complexity index is 1010. The van der Waals surface area contributed by atoms with E-state index in [2.05, 4.69) is 10.6 Å². The van der Waals surface area contributed by atoms with Crippen molar-refractivity contribution in [3.05, 3.63) is 53.1 Å². The van der Waals surface area contributed by atoms with Gasteiger partial charge in [0, 0.05) is 31.4 Å². The third kappa shape index (κ3) is 5.67. The summed E-state index contributed by atoms with van der Waals surface area (Å²) >= 11 is 6.00. The molecule has 0 unspecified atom stereocenters. The molecule has 0 saturated carbocycles. The highest BCUT2D eigenvalue weighted by Gasteiger charge is 2.25. The van der Waals surface area contributed by atoms with Gasteiger partial charge in [0.15, 0.2) is 6.61 Å². The van der Waals surface area contributed by atoms with Crippen LogP contribution < -0.4 is 15.4 Å². The van der Waals surface area contributed by atoms with E-state index >= 15 is 0 Å². The van der Waals surface area contributed by atoms with E-state index in [1.807, 2.05) is 0 Å². The van der Waals surface area contributed by atoms with Crippen molar-refractivity contribution in [2.45, 2.75) is 4.90 Å². The molecular formula is C18H20ClN3O6S. The van der Waals surface area contributed by atoms with Gasteiger partial charge in [0.05, 0.1) is 12.1 Å². The fourth-order valence-corrected chi connectivity index (χ4v) is 3.64. The first-order chi connectivity index (χ1) is 13.7. The van der Waals surface area contributed by atoms with Crippen LogP contribution in [0.1, 0.15) is 10.4 Å². The molecule has 0 aliphatic heterocycles. The van der Waals surface area contributed by atoms with Crippen LogP contribution in [-0.4, -0.2) is 52.5 Å². The predicted octanol–water partition coefficient (Wildman–Crippen LogP) is 1.90. The van der Waals surface area contributed by atoms with Gasteiger partial charge in [0.2, 0.25) is 0 Å². The van der Waals surface area contributed by atoms with Crippen molar-refractivity contribution < 1.29 is 27.6 Å². The molecule has 0 heterocycles. The lowest BCUT2D eigenvalue weighted by atomic mass is 10.2. The van der Waals surface area contributed by atoms with Crippen LogP contribution in [0.15, 0.2) is 47.4 Å². The van der Waals surface area contributed by atoms with Crippen LogP contribution in [0.5, 0.6) is 5.75 Å². The molecule has 0 saturated heterocycles. The molecule has 0 aromatic heterocycles. The zero-order valence-corrected chi connectivity index (χ0v) is 17.5. The van der Waals surface area contributed by atoms with Crippen molar-refractivity contribution in [1.29, 1.82) is 0 Å². The lowest BCUT2D eigenvalue weighted by Crippen LogP contribution is -2.26. The Morgan fingerprint density at radius 2 is 1.90 bits per heavy atom. The van der Waals surface area contributed by atoms with E-state index in [-0.39, 0.29) is 28.0 Å². The number of hydroxylamine groups is 1. The molecule has 0 fully saturated rings. The second-order valence-electron chi connectivity index (χ2n) is 5.69. The number of carbonyl (C=O) groups is 2. The molecular weight excluding hydrogens is 422 g/mol. The van der Waals surface area contributed by atoms with Crippen molar-refractivity contribution in [3.8, 4) is 5.75 Å². The van der Waals surface area contributed by atoms with E-state index in [4.69, 9.17) is 21.2 Å². The van der Waals surface area contributed by atoms with Gasteiger partial charge in [-0.15, -0.1) is 0 Å². The largest absolute Gasteiger partial charge is 0.484 e. The molecule has 2 N–H and O–H groups in total. The number of benzene rings is 2. The van der Waals surface area contributed by atoms with E-state index in [9.17, 15) is 18.0 Å². The molecule has 0 atom stereocenters. The number of nitrogens with one attached hydrogen (secondary N) is 2. The Hall–Kier alpha value is -2.66. The molecule has 2 aromatic rings. The Morgan fingerprint density at radius 3 is 2.55 bits per heavy atom. The molecule has 0 bridgehead atoms. The highest BCUT2D eigenvalue weighted by Crippen LogP contribution is 2.26. The Morgan fingerprint density at radius 1 is 1.17 bits per heavy atom. The summed E-state index contributed by atoms with van der Waals surface area (Å²) < 4.78 is 30.9. The molecule has 2 amide bonds. The van der Waals surface area contributed by atoms with Crippen molar-refractivity contribution >= 4 is 39.1 Å². The van der Waals surface area contributed by atoms with Gasteiger partial charge in [-0.2, -0.15) is 0 Å². The fourth-order valence-electron chi connectivity index (χ4n) is 2.17. The molecule has 29 heavy (non-hydrogen) atoms. The second-order valence-corrected chi connectivity index (χ2v) is 8.00. The summed E-state index contributed by atoms with van der Waals surface area (Å²) in [6, 6.07) is 10.3. The van der Waals surface area contributed by atoms with Crippen LogP contribution in [0, 0.1) is 0 Å². The first kappa shape index (κ1) is 22.6. The number of sulfonamides is 1. The molecule has 0 radical (unpaired) electrons. The minimum absolute atomic E-state index is 0.0463. The van der Waals surface area contributed by atoms with E-state index < -0.39 is 15.9 Å². The number of nitrogens with zero attached hydrogens (tertiary/aromatic N) is 1. The van der Waals surface area contributed by atoms with E-state index in [1.54, 1.807) is 18.2 Å². The lowest BCUT2D eigenvalue weighted by Gasteiger charge is -2.16. The Kier molecular flexibility index (Phi) is 7.57. The van der Waals surface area contributed by atoms with E-state index in [0.29, 0.717) is 15.9 Å². The number of hydrogen-bond acceptors (Lipinski definition) is 6. The zero-order chi connectivity index (χ0) is 21.6. The maximum absolute atomic E-state index is 12.6. The van der Waals surface area contributed by atoms with Gasteiger partial charge < -0.3 is 15.4 Å². The van der Waals surface area contributed by atoms with Gasteiger partial charge in [0.25, 0.3) is 21.8 Å². The predicted molar refractivity (Wildman–Crippen MR) is 107 cm³/mol. The molecule has 156 valence electrons. The Balaban J connectivity index is 2.22. The normalized spacial score (nSPS) is 11.2. The fraction of sp³-hybridized carbons (Fsp3) is 0.222. The number of ether oxygens (including phenoxy) is 1. The summed E-state index contributed by atoms with van der Waals surface area (Å²) in [4.78, 5) is 28.3. The van der Waals surface area contributed by atoms with Crippen molar-refractivity contribution in [2.24, 2.45) is 0 Å². The highest BCUT2D eigenvalue weighted by molar-refractivity contribution is 7.89.